The Kier molecular flexibility index (Phi) is 6.62. The molecule has 2 aromatic carbocycles. The minimum atomic E-state index is -3.67. The third kappa shape index (κ3) is 5.55. The van der Waals surface area contributed by atoms with Gasteiger partial charge in [0.15, 0.2) is 0 Å². The zero-order valence-electron chi connectivity index (χ0n) is 16.3. The highest BCUT2D eigenvalue weighted by atomic mass is 32.2. The third-order valence-electron chi connectivity index (χ3n) is 4.00. The molecule has 0 aromatic heterocycles. The normalized spacial score (nSPS) is 11.5. The highest BCUT2D eigenvalue weighted by Gasteiger charge is 2.18. The van der Waals surface area contributed by atoms with Crippen molar-refractivity contribution in [3.63, 3.8) is 0 Å². The van der Waals surface area contributed by atoms with Crippen molar-refractivity contribution in [3.8, 4) is 5.75 Å². The topological polar surface area (TPSA) is 84.5 Å². The SMILES string of the molecule is COc1ccc(S(=O)(=O)NC(C)C)cc1NC(=O)Cc1ccc(C)cc1C. The Balaban J connectivity index is 2.26. The van der Waals surface area contributed by atoms with Crippen LogP contribution in [-0.4, -0.2) is 27.5 Å². The number of benzene rings is 2. The van der Waals surface area contributed by atoms with E-state index in [4.69, 9.17) is 4.74 Å². The van der Waals surface area contributed by atoms with Crippen LogP contribution in [0.15, 0.2) is 41.3 Å². The lowest BCUT2D eigenvalue weighted by molar-refractivity contribution is -0.115. The monoisotopic (exact) mass is 390 g/mol. The summed E-state index contributed by atoms with van der Waals surface area (Å²) >= 11 is 0. The average molecular weight is 391 g/mol. The molecule has 2 rings (SSSR count). The predicted octanol–water partition coefficient (Wildman–Crippen LogP) is 3.18. The number of ether oxygens (including phenoxy) is 1. The zero-order chi connectivity index (χ0) is 20.2. The lowest BCUT2D eigenvalue weighted by atomic mass is 10.0. The number of amides is 1. The maximum absolute atomic E-state index is 12.5. The van der Waals surface area contributed by atoms with Crippen molar-refractivity contribution < 1.29 is 17.9 Å². The van der Waals surface area contributed by atoms with Crippen LogP contribution in [-0.2, 0) is 21.2 Å². The molecule has 146 valence electrons. The lowest BCUT2D eigenvalue weighted by Gasteiger charge is -2.14. The van der Waals surface area contributed by atoms with E-state index in [-0.39, 0.29) is 23.3 Å². The Hall–Kier alpha value is -2.38. The molecule has 0 spiro atoms. The van der Waals surface area contributed by atoms with Gasteiger partial charge in [0, 0.05) is 6.04 Å². The number of rotatable bonds is 7. The van der Waals surface area contributed by atoms with E-state index in [0.29, 0.717) is 11.4 Å². The van der Waals surface area contributed by atoms with Gasteiger partial charge in [-0.15, -0.1) is 0 Å². The highest BCUT2D eigenvalue weighted by Crippen LogP contribution is 2.28. The summed E-state index contributed by atoms with van der Waals surface area (Å²) in [6, 6.07) is 10.1. The summed E-state index contributed by atoms with van der Waals surface area (Å²) in [5, 5.41) is 2.76. The van der Waals surface area contributed by atoms with E-state index < -0.39 is 10.0 Å². The van der Waals surface area contributed by atoms with Crippen molar-refractivity contribution in [2.24, 2.45) is 0 Å². The Morgan fingerprint density at radius 1 is 1.11 bits per heavy atom. The van der Waals surface area contributed by atoms with Gasteiger partial charge < -0.3 is 10.1 Å². The van der Waals surface area contributed by atoms with Gasteiger partial charge in [0.1, 0.15) is 5.75 Å². The van der Waals surface area contributed by atoms with Crippen LogP contribution in [0.4, 0.5) is 5.69 Å². The summed E-state index contributed by atoms with van der Waals surface area (Å²) in [7, 11) is -2.20. The average Bonchev–Trinajstić information content (AvgIpc) is 2.56. The fourth-order valence-electron chi connectivity index (χ4n) is 2.74. The minimum Gasteiger partial charge on any atom is -0.495 e. The van der Waals surface area contributed by atoms with Crippen molar-refractivity contribution >= 4 is 21.6 Å². The molecule has 0 atom stereocenters. The third-order valence-corrected chi connectivity index (χ3v) is 5.65. The van der Waals surface area contributed by atoms with Crippen LogP contribution in [0.5, 0.6) is 5.75 Å². The molecule has 7 heteroatoms. The van der Waals surface area contributed by atoms with E-state index in [1.54, 1.807) is 13.8 Å². The Morgan fingerprint density at radius 3 is 2.41 bits per heavy atom. The van der Waals surface area contributed by atoms with E-state index in [9.17, 15) is 13.2 Å². The van der Waals surface area contributed by atoms with Gasteiger partial charge in [-0.1, -0.05) is 23.8 Å². The Bertz CT molecular complexity index is 937. The number of aryl methyl sites for hydroxylation is 2. The van der Waals surface area contributed by atoms with Crippen LogP contribution in [0.1, 0.15) is 30.5 Å². The molecular weight excluding hydrogens is 364 g/mol. The number of hydrogen-bond donors (Lipinski definition) is 2. The molecule has 0 heterocycles. The number of anilines is 1. The lowest BCUT2D eigenvalue weighted by Crippen LogP contribution is -2.30. The standard InChI is InChI=1S/C20H26N2O4S/c1-13(2)22-27(24,25)17-8-9-19(26-5)18(12-17)21-20(23)11-16-7-6-14(3)10-15(16)4/h6-10,12-13,22H,11H2,1-5H3,(H,21,23). The van der Waals surface area contributed by atoms with Crippen molar-refractivity contribution in [1.82, 2.24) is 4.72 Å². The van der Waals surface area contributed by atoms with Gasteiger partial charge in [-0.2, -0.15) is 0 Å². The van der Waals surface area contributed by atoms with Gasteiger partial charge in [-0.3, -0.25) is 4.79 Å². The fourth-order valence-corrected chi connectivity index (χ4v) is 4.02. The fraction of sp³-hybridized carbons (Fsp3) is 0.350. The van der Waals surface area contributed by atoms with Crippen LogP contribution in [0.3, 0.4) is 0 Å². The van der Waals surface area contributed by atoms with E-state index in [1.807, 2.05) is 32.0 Å². The number of methoxy groups -OCH3 is 1. The molecule has 0 aliphatic rings. The van der Waals surface area contributed by atoms with Gasteiger partial charge in [-0.25, -0.2) is 13.1 Å². The van der Waals surface area contributed by atoms with Gasteiger partial charge >= 0.3 is 0 Å². The van der Waals surface area contributed by atoms with Gasteiger partial charge in [0.2, 0.25) is 15.9 Å². The molecule has 0 unspecified atom stereocenters. The molecule has 0 saturated carbocycles. The van der Waals surface area contributed by atoms with Gasteiger partial charge in [0.25, 0.3) is 0 Å². The molecule has 0 radical (unpaired) electrons. The molecule has 6 nitrogen and oxygen atoms in total. The number of carbonyl (C=O) groups excluding carboxylic acids is 1. The first-order chi connectivity index (χ1) is 12.6. The van der Waals surface area contributed by atoms with Crippen LogP contribution in [0.25, 0.3) is 0 Å². The second-order valence-electron chi connectivity index (χ2n) is 6.79. The number of carbonyl (C=O) groups is 1. The summed E-state index contributed by atoms with van der Waals surface area (Å²) < 4.78 is 32.5. The molecule has 27 heavy (non-hydrogen) atoms. The summed E-state index contributed by atoms with van der Waals surface area (Å²) in [6.45, 7) is 7.45. The van der Waals surface area contributed by atoms with Crippen molar-refractivity contribution in [2.45, 2.75) is 45.1 Å². The summed E-state index contributed by atoms with van der Waals surface area (Å²) in [6.07, 6.45) is 0.191. The summed E-state index contributed by atoms with van der Waals surface area (Å²) in [5.74, 6) is 0.152. The van der Waals surface area contributed by atoms with Crippen LogP contribution in [0, 0.1) is 13.8 Å². The van der Waals surface area contributed by atoms with Crippen molar-refractivity contribution in [2.75, 3.05) is 12.4 Å². The van der Waals surface area contributed by atoms with Gasteiger partial charge in [-0.05, 0) is 57.0 Å². The Labute approximate surface area is 161 Å². The molecule has 0 aliphatic carbocycles. The number of hydrogen-bond acceptors (Lipinski definition) is 4. The van der Waals surface area contributed by atoms with E-state index in [0.717, 1.165) is 16.7 Å². The second kappa shape index (κ2) is 8.54. The maximum Gasteiger partial charge on any atom is 0.240 e. The quantitative estimate of drug-likeness (QED) is 0.760. The van der Waals surface area contributed by atoms with Crippen LogP contribution in [0.2, 0.25) is 0 Å². The summed E-state index contributed by atoms with van der Waals surface area (Å²) in [4.78, 5) is 12.6. The predicted molar refractivity (Wildman–Crippen MR) is 107 cm³/mol. The second-order valence-corrected chi connectivity index (χ2v) is 8.51. The van der Waals surface area contributed by atoms with Crippen molar-refractivity contribution in [1.29, 1.82) is 0 Å². The molecule has 0 bridgehead atoms. The van der Waals surface area contributed by atoms with Gasteiger partial charge in [0.05, 0.1) is 24.1 Å². The number of nitrogens with one attached hydrogen (secondary N) is 2. The maximum atomic E-state index is 12.5. The van der Waals surface area contributed by atoms with Crippen molar-refractivity contribution in [3.05, 3.63) is 53.1 Å². The molecule has 1 amide bonds. The highest BCUT2D eigenvalue weighted by molar-refractivity contribution is 7.89. The molecule has 2 aromatic rings. The smallest absolute Gasteiger partial charge is 0.240 e. The van der Waals surface area contributed by atoms with Crippen LogP contribution >= 0.6 is 0 Å². The number of sulfonamides is 1. The van der Waals surface area contributed by atoms with E-state index in [1.165, 1.54) is 25.3 Å². The zero-order valence-corrected chi connectivity index (χ0v) is 17.1. The first-order valence-electron chi connectivity index (χ1n) is 8.68. The minimum absolute atomic E-state index is 0.0683. The summed E-state index contributed by atoms with van der Waals surface area (Å²) in [5.41, 5.74) is 3.41. The largest absolute Gasteiger partial charge is 0.495 e. The molecule has 0 fully saturated rings. The van der Waals surface area contributed by atoms with E-state index >= 15 is 0 Å². The molecular formula is C20H26N2O4S. The van der Waals surface area contributed by atoms with E-state index in [2.05, 4.69) is 10.0 Å². The Morgan fingerprint density at radius 2 is 1.81 bits per heavy atom. The van der Waals surface area contributed by atoms with Crippen LogP contribution < -0.4 is 14.8 Å². The first-order valence-corrected chi connectivity index (χ1v) is 10.2. The molecule has 0 saturated heterocycles. The molecule has 0 aliphatic heterocycles. The first kappa shape index (κ1) is 20.9. The molecule has 2 N–H and O–H groups in total.